The van der Waals surface area contributed by atoms with Crippen molar-refractivity contribution in [3.05, 3.63) is 30.3 Å². The predicted molar refractivity (Wildman–Crippen MR) is 54.5 cm³/mol. The number of hydrogen-bond donors (Lipinski definition) is 0. The van der Waals surface area contributed by atoms with Crippen molar-refractivity contribution in [2.45, 2.75) is 24.5 Å². The summed E-state index contributed by atoms with van der Waals surface area (Å²) < 4.78 is 0. The minimum atomic E-state index is -0.995. The van der Waals surface area contributed by atoms with Crippen LogP contribution in [0.1, 0.15) is 0 Å². The van der Waals surface area contributed by atoms with Gasteiger partial charge >= 0.3 is 0 Å². The van der Waals surface area contributed by atoms with Crippen LogP contribution in [0, 0.1) is 6.07 Å². The summed E-state index contributed by atoms with van der Waals surface area (Å²) in [6, 6.07) is 11.2. The second-order valence-corrected chi connectivity index (χ2v) is 12.6. The van der Waals surface area contributed by atoms with E-state index in [0.29, 0.717) is 0 Å². The molecule has 0 heterocycles. The zero-order valence-electron chi connectivity index (χ0n) is 7.22. The lowest BCUT2D eigenvalue weighted by molar-refractivity contribution is 1.47. The van der Waals surface area contributed by atoms with Crippen LogP contribution >= 0.6 is 11.2 Å². The molecule has 0 saturated heterocycles. The first-order chi connectivity index (χ1) is 5.08. The molecule has 0 amide bonds. The summed E-state index contributed by atoms with van der Waals surface area (Å²) >= 11 is 2.02. The number of hydrogen-bond acceptors (Lipinski definition) is 1. The molecule has 0 aliphatic heterocycles. The quantitative estimate of drug-likeness (QED) is 0.630. The summed E-state index contributed by atoms with van der Waals surface area (Å²) in [6.45, 7) is 7.07. The fourth-order valence-electron chi connectivity index (χ4n) is 0.793. The van der Waals surface area contributed by atoms with Crippen molar-refractivity contribution in [2.24, 2.45) is 0 Å². The Labute approximate surface area is 73.7 Å². The Morgan fingerprint density at radius 2 is 1.73 bits per heavy atom. The van der Waals surface area contributed by atoms with E-state index in [4.69, 9.17) is 0 Å². The maximum atomic E-state index is 3.02. The second kappa shape index (κ2) is 3.46. The SMILES string of the molecule is C[Si](C)(C)Sc1cc[c]cc1. The maximum Gasteiger partial charge on any atom is 0.114 e. The van der Waals surface area contributed by atoms with Gasteiger partial charge in [0, 0.05) is 4.90 Å². The van der Waals surface area contributed by atoms with Crippen LogP contribution < -0.4 is 0 Å². The van der Waals surface area contributed by atoms with Crippen molar-refractivity contribution in [3.63, 3.8) is 0 Å². The average molecular weight is 181 g/mol. The minimum Gasteiger partial charge on any atom is -0.152 e. The summed E-state index contributed by atoms with van der Waals surface area (Å²) in [5, 5.41) is 0. The lowest BCUT2D eigenvalue weighted by atomic mass is 10.4. The molecule has 0 aliphatic rings. The third kappa shape index (κ3) is 3.63. The molecular formula is C9H13SSi. The zero-order chi connectivity index (χ0) is 8.32. The largest absolute Gasteiger partial charge is 0.152 e. The van der Waals surface area contributed by atoms with Crippen LogP contribution in [0.4, 0.5) is 0 Å². The summed E-state index contributed by atoms with van der Waals surface area (Å²) in [4.78, 5) is 1.38. The fraction of sp³-hybridized carbons (Fsp3) is 0.333. The van der Waals surface area contributed by atoms with Gasteiger partial charge in [0.15, 0.2) is 0 Å². The van der Waals surface area contributed by atoms with Gasteiger partial charge in [-0.2, -0.15) is 11.2 Å². The molecule has 1 radical (unpaired) electrons. The molecule has 0 atom stereocenters. The molecule has 0 aromatic heterocycles. The monoisotopic (exact) mass is 181 g/mol. The molecule has 1 aromatic rings. The summed E-state index contributed by atoms with van der Waals surface area (Å²) in [5.74, 6) is 0. The number of benzene rings is 1. The van der Waals surface area contributed by atoms with Gasteiger partial charge in [-0.25, -0.2) is 0 Å². The molecular weight excluding hydrogens is 168 g/mol. The van der Waals surface area contributed by atoms with E-state index in [1.807, 2.05) is 23.3 Å². The van der Waals surface area contributed by atoms with E-state index in [2.05, 4.69) is 37.8 Å². The Bertz CT molecular complexity index is 213. The van der Waals surface area contributed by atoms with E-state index < -0.39 is 7.22 Å². The van der Waals surface area contributed by atoms with E-state index in [-0.39, 0.29) is 0 Å². The van der Waals surface area contributed by atoms with Gasteiger partial charge in [-0.05, 0) is 18.2 Å². The van der Waals surface area contributed by atoms with Gasteiger partial charge in [0.25, 0.3) is 0 Å². The van der Waals surface area contributed by atoms with Gasteiger partial charge in [0.1, 0.15) is 7.22 Å². The predicted octanol–water partition coefficient (Wildman–Crippen LogP) is 3.41. The van der Waals surface area contributed by atoms with E-state index >= 15 is 0 Å². The molecule has 0 nitrogen and oxygen atoms in total. The van der Waals surface area contributed by atoms with E-state index in [1.165, 1.54) is 4.90 Å². The van der Waals surface area contributed by atoms with Crippen molar-refractivity contribution < 1.29 is 0 Å². The second-order valence-electron chi connectivity index (χ2n) is 3.45. The molecule has 0 fully saturated rings. The highest BCUT2D eigenvalue weighted by Crippen LogP contribution is 2.27. The molecule has 0 N–H and O–H groups in total. The minimum absolute atomic E-state index is 0.995. The highest BCUT2D eigenvalue weighted by molar-refractivity contribution is 8.28. The molecule has 0 bridgehead atoms. The molecule has 0 spiro atoms. The van der Waals surface area contributed by atoms with Gasteiger partial charge in [0.2, 0.25) is 0 Å². The highest BCUT2D eigenvalue weighted by Gasteiger charge is 2.13. The summed E-state index contributed by atoms with van der Waals surface area (Å²) in [5.41, 5.74) is 0. The molecule has 2 heteroatoms. The molecule has 1 aromatic carbocycles. The van der Waals surface area contributed by atoms with E-state index in [9.17, 15) is 0 Å². The van der Waals surface area contributed by atoms with Crippen molar-refractivity contribution in [3.8, 4) is 0 Å². The molecule has 0 unspecified atom stereocenters. The summed E-state index contributed by atoms with van der Waals surface area (Å²) in [7, 11) is -0.995. The van der Waals surface area contributed by atoms with Crippen molar-refractivity contribution in [1.29, 1.82) is 0 Å². The van der Waals surface area contributed by atoms with Crippen molar-refractivity contribution in [1.82, 2.24) is 0 Å². The summed E-state index contributed by atoms with van der Waals surface area (Å²) in [6.07, 6.45) is 0. The van der Waals surface area contributed by atoms with E-state index in [1.54, 1.807) is 0 Å². The molecule has 0 saturated carbocycles. The zero-order valence-corrected chi connectivity index (χ0v) is 9.03. The first kappa shape index (κ1) is 8.88. The lowest BCUT2D eigenvalue weighted by Crippen LogP contribution is -2.13. The van der Waals surface area contributed by atoms with Gasteiger partial charge in [-0.15, -0.1) is 0 Å². The van der Waals surface area contributed by atoms with Gasteiger partial charge in [-0.1, -0.05) is 31.8 Å². The van der Waals surface area contributed by atoms with Crippen LogP contribution in [-0.2, 0) is 0 Å². The van der Waals surface area contributed by atoms with Crippen LogP contribution in [0.15, 0.2) is 29.2 Å². The Balaban J connectivity index is 2.66. The number of rotatable bonds is 2. The lowest BCUT2D eigenvalue weighted by Gasteiger charge is -2.14. The third-order valence-corrected chi connectivity index (χ3v) is 4.78. The molecule has 1 rings (SSSR count). The van der Waals surface area contributed by atoms with Crippen LogP contribution in [0.3, 0.4) is 0 Å². The first-order valence-electron chi connectivity index (χ1n) is 3.73. The van der Waals surface area contributed by atoms with Crippen LogP contribution in [0.25, 0.3) is 0 Å². The highest BCUT2D eigenvalue weighted by atomic mass is 32.4. The fourth-order valence-corrected chi connectivity index (χ4v) is 4.30. The molecule has 11 heavy (non-hydrogen) atoms. The molecule has 59 valence electrons. The van der Waals surface area contributed by atoms with Crippen molar-refractivity contribution >= 4 is 18.4 Å². The Morgan fingerprint density at radius 3 is 2.18 bits per heavy atom. The van der Waals surface area contributed by atoms with Gasteiger partial charge in [0.05, 0.1) is 0 Å². The normalized spacial score (nSPS) is 11.5. The van der Waals surface area contributed by atoms with Crippen LogP contribution in [0.2, 0.25) is 19.6 Å². The van der Waals surface area contributed by atoms with Gasteiger partial charge < -0.3 is 0 Å². The van der Waals surface area contributed by atoms with E-state index in [0.717, 1.165) is 0 Å². The topological polar surface area (TPSA) is 0 Å². The van der Waals surface area contributed by atoms with Gasteiger partial charge in [-0.3, -0.25) is 0 Å². The smallest absolute Gasteiger partial charge is 0.114 e. The first-order valence-corrected chi connectivity index (χ1v) is 8.77. The third-order valence-electron chi connectivity index (χ3n) is 1.11. The molecule has 0 aliphatic carbocycles. The Kier molecular flexibility index (Phi) is 2.79. The Morgan fingerprint density at radius 1 is 1.18 bits per heavy atom. The standard InChI is InChI=1S/C9H13SSi/c1-11(2,3)10-9-7-5-4-6-8-9/h5-8H,1-3H3. The van der Waals surface area contributed by atoms with Crippen molar-refractivity contribution in [2.75, 3.05) is 0 Å². The van der Waals surface area contributed by atoms with Crippen LogP contribution in [-0.4, -0.2) is 7.22 Å². The maximum absolute atomic E-state index is 3.02. The van der Waals surface area contributed by atoms with Crippen LogP contribution in [0.5, 0.6) is 0 Å². The Hall–Kier alpha value is -0.213. The average Bonchev–Trinajstić information content (AvgIpc) is 1.85.